The zero-order valence-corrected chi connectivity index (χ0v) is 19.8. The van der Waals surface area contributed by atoms with E-state index in [1.165, 1.54) is 39.9 Å². The molecule has 2 aromatic carbocycles. The van der Waals surface area contributed by atoms with Gasteiger partial charge < -0.3 is 9.47 Å². The van der Waals surface area contributed by atoms with E-state index >= 15 is 0 Å². The molecule has 0 aliphatic carbocycles. The summed E-state index contributed by atoms with van der Waals surface area (Å²) in [6.07, 6.45) is 1.73. The molecule has 170 valence electrons. The van der Waals surface area contributed by atoms with Gasteiger partial charge in [0.15, 0.2) is 5.13 Å². The number of aryl methyl sites for hydroxylation is 1. The van der Waals surface area contributed by atoms with Crippen LogP contribution in [0, 0.1) is 6.92 Å². The Kier molecular flexibility index (Phi) is 6.47. The lowest BCUT2D eigenvalue weighted by molar-refractivity contribution is 0.0979. The molecule has 1 amide bonds. The first-order valence-corrected chi connectivity index (χ1v) is 12.5. The Morgan fingerprint density at radius 3 is 2.69 bits per heavy atom. The van der Waals surface area contributed by atoms with Crippen LogP contribution in [0.4, 0.5) is 5.13 Å². The van der Waals surface area contributed by atoms with Crippen molar-refractivity contribution in [3.63, 3.8) is 0 Å². The Morgan fingerprint density at radius 2 is 2.03 bits per heavy atom. The number of amides is 1. The molecule has 0 spiro atoms. The van der Waals surface area contributed by atoms with Crippen LogP contribution in [0.3, 0.4) is 0 Å². The maximum atomic E-state index is 12.8. The van der Waals surface area contributed by atoms with Crippen molar-refractivity contribution in [2.45, 2.75) is 30.8 Å². The van der Waals surface area contributed by atoms with Crippen LogP contribution in [0.25, 0.3) is 10.2 Å². The number of methoxy groups -OCH3 is 1. The first-order chi connectivity index (χ1) is 15.3. The molecule has 0 radical (unpaired) electrons. The first-order valence-electron chi connectivity index (χ1n) is 10.2. The summed E-state index contributed by atoms with van der Waals surface area (Å²) in [5.41, 5.74) is 2.08. The number of carbonyl (C=O) groups excluding carboxylic acids is 1. The molecule has 1 aliphatic rings. The summed E-state index contributed by atoms with van der Waals surface area (Å²) in [5, 5.41) is 3.24. The number of rotatable bonds is 7. The van der Waals surface area contributed by atoms with Crippen molar-refractivity contribution in [1.29, 1.82) is 0 Å². The highest BCUT2D eigenvalue weighted by Crippen LogP contribution is 2.34. The number of nitrogens with one attached hydrogen (secondary N) is 1. The molecular formula is C22H25N3O5S2. The van der Waals surface area contributed by atoms with Gasteiger partial charge in [0.05, 0.1) is 22.8 Å². The van der Waals surface area contributed by atoms with Gasteiger partial charge in [0, 0.05) is 25.8 Å². The van der Waals surface area contributed by atoms with Gasteiger partial charge in [0.2, 0.25) is 10.0 Å². The van der Waals surface area contributed by atoms with Crippen molar-refractivity contribution in [3.8, 4) is 5.75 Å². The lowest BCUT2D eigenvalue weighted by atomic mass is 10.2. The molecule has 0 bridgehead atoms. The van der Waals surface area contributed by atoms with Gasteiger partial charge in [0.1, 0.15) is 11.3 Å². The molecule has 0 unspecified atom stereocenters. The van der Waals surface area contributed by atoms with Crippen LogP contribution >= 0.6 is 11.3 Å². The number of carbonyl (C=O) groups is 1. The number of ether oxygens (including phenoxy) is 2. The van der Waals surface area contributed by atoms with Crippen LogP contribution in [0.2, 0.25) is 0 Å². The third kappa shape index (κ3) is 4.49. The number of hydrogen-bond donors (Lipinski definition) is 1. The van der Waals surface area contributed by atoms with Crippen molar-refractivity contribution in [3.05, 3.63) is 47.5 Å². The van der Waals surface area contributed by atoms with Gasteiger partial charge in [-0.3, -0.25) is 10.1 Å². The SMILES string of the molecule is COc1ccc(C)c2sc(NC(=O)c3ccc(S(=O)(=O)N(C)C[C@H]4CCCO4)cc3)nc12. The largest absolute Gasteiger partial charge is 0.494 e. The summed E-state index contributed by atoms with van der Waals surface area (Å²) in [7, 11) is -0.539. The number of anilines is 1. The molecule has 4 rings (SSSR count). The van der Waals surface area contributed by atoms with E-state index in [1.54, 1.807) is 14.2 Å². The number of benzene rings is 2. The molecule has 1 aromatic heterocycles. The second-order valence-corrected chi connectivity index (χ2v) is 10.7. The van der Waals surface area contributed by atoms with Crippen molar-refractivity contribution in [2.75, 3.05) is 32.6 Å². The second-order valence-electron chi connectivity index (χ2n) is 7.68. The van der Waals surface area contributed by atoms with Crippen LogP contribution in [-0.2, 0) is 14.8 Å². The molecule has 1 saturated heterocycles. The van der Waals surface area contributed by atoms with Gasteiger partial charge in [-0.25, -0.2) is 13.4 Å². The van der Waals surface area contributed by atoms with E-state index in [9.17, 15) is 13.2 Å². The van der Waals surface area contributed by atoms with Crippen molar-refractivity contribution in [2.24, 2.45) is 0 Å². The number of sulfonamides is 1. The number of likely N-dealkylation sites (N-methyl/N-ethyl adjacent to an activating group) is 1. The highest BCUT2D eigenvalue weighted by molar-refractivity contribution is 7.89. The Balaban J connectivity index is 1.48. The number of fused-ring (bicyclic) bond motifs is 1. The number of hydrogen-bond acceptors (Lipinski definition) is 7. The van der Waals surface area contributed by atoms with Crippen molar-refractivity contribution >= 4 is 42.6 Å². The minimum absolute atomic E-state index is 0.0732. The minimum Gasteiger partial charge on any atom is -0.494 e. The molecule has 1 atom stereocenters. The van der Waals surface area contributed by atoms with Crippen LogP contribution in [0.15, 0.2) is 41.3 Å². The van der Waals surface area contributed by atoms with Gasteiger partial charge in [-0.05, 0) is 55.7 Å². The minimum atomic E-state index is -3.66. The summed E-state index contributed by atoms with van der Waals surface area (Å²) >= 11 is 1.37. The molecule has 0 saturated carbocycles. The predicted molar refractivity (Wildman–Crippen MR) is 124 cm³/mol. The van der Waals surface area contributed by atoms with Gasteiger partial charge in [0.25, 0.3) is 5.91 Å². The summed E-state index contributed by atoms with van der Waals surface area (Å²) in [6.45, 7) is 2.95. The van der Waals surface area contributed by atoms with Crippen LogP contribution in [0.5, 0.6) is 5.75 Å². The van der Waals surface area contributed by atoms with Gasteiger partial charge in [-0.15, -0.1) is 0 Å². The smallest absolute Gasteiger partial charge is 0.257 e. The molecule has 1 fully saturated rings. The molecule has 1 N–H and O–H groups in total. The average molecular weight is 476 g/mol. The number of nitrogens with zero attached hydrogens (tertiary/aromatic N) is 2. The maximum absolute atomic E-state index is 12.8. The van der Waals surface area contributed by atoms with Crippen LogP contribution in [-0.4, -0.2) is 57.0 Å². The fraction of sp³-hybridized carbons (Fsp3) is 0.364. The van der Waals surface area contributed by atoms with Crippen LogP contribution in [0.1, 0.15) is 28.8 Å². The van der Waals surface area contributed by atoms with Gasteiger partial charge in [-0.1, -0.05) is 17.4 Å². The van der Waals surface area contributed by atoms with E-state index < -0.39 is 10.0 Å². The quantitative estimate of drug-likeness (QED) is 0.560. The van der Waals surface area contributed by atoms with E-state index in [2.05, 4.69) is 10.3 Å². The average Bonchev–Trinajstić information content (AvgIpc) is 3.44. The Labute approximate surface area is 191 Å². The lowest BCUT2D eigenvalue weighted by Gasteiger charge is -2.20. The highest BCUT2D eigenvalue weighted by Gasteiger charge is 2.26. The number of thiazole rings is 1. The van der Waals surface area contributed by atoms with E-state index in [0.29, 0.717) is 35.1 Å². The monoisotopic (exact) mass is 475 g/mol. The molecule has 32 heavy (non-hydrogen) atoms. The summed E-state index contributed by atoms with van der Waals surface area (Å²) in [4.78, 5) is 17.3. The molecule has 3 aromatic rings. The summed E-state index contributed by atoms with van der Waals surface area (Å²) < 4.78 is 38.8. The fourth-order valence-corrected chi connectivity index (χ4v) is 5.78. The third-order valence-electron chi connectivity index (χ3n) is 5.45. The maximum Gasteiger partial charge on any atom is 0.257 e. The zero-order valence-electron chi connectivity index (χ0n) is 18.1. The van der Waals surface area contributed by atoms with E-state index in [1.807, 2.05) is 19.1 Å². The lowest BCUT2D eigenvalue weighted by Crippen LogP contribution is -2.34. The molecule has 8 nitrogen and oxygen atoms in total. The van der Waals surface area contributed by atoms with Crippen molar-refractivity contribution in [1.82, 2.24) is 9.29 Å². The Bertz CT molecular complexity index is 1230. The first kappa shape index (κ1) is 22.7. The Morgan fingerprint density at radius 1 is 1.28 bits per heavy atom. The van der Waals surface area contributed by atoms with E-state index in [-0.39, 0.29) is 16.9 Å². The van der Waals surface area contributed by atoms with E-state index in [0.717, 1.165) is 23.1 Å². The molecule has 10 heteroatoms. The summed E-state index contributed by atoms with van der Waals surface area (Å²) in [6, 6.07) is 9.68. The normalized spacial score (nSPS) is 16.6. The topological polar surface area (TPSA) is 97.8 Å². The standard InChI is InChI=1S/C22H25N3O5S2/c1-14-6-11-18(29-3)19-20(14)31-22(23-19)24-21(26)15-7-9-17(10-8-15)32(27,28)25(2)13-16-5-4-12-30-16/h6-11,16H,4-5,12-13H2,1-3H3,(H,23,24,26)/t16-/m1/s1. The van der Waals surface area contributed by atoms with Crippen molar-refractivity contribution < 1.29 is 22.7 Å². The molecular weight excluding hydrogens is 450 g/mol. The van der Waals surface area contributed by atoms with Gasteiger partial charge >= 0.3 is 0 Å². The van der Waals surface area contributed by atoms with E-state index in [4.69, 9.17) is 9.47 Å². The second kappa shape index (κ2) is 9.14. The predicted octanol–water partition coefficient (Wildman–Crippen LogP) is 3.67. The summed E-state index contributed by atoms with van der Waals surface area (Å²) in [5.74, 6) is 0.279. The number of aromatic nitrogens is 1. The molecule has 2 heterocycles. The van der Waals surface area contributed by atoms with Crippen LogP contribution < -0.4 is 10.1 Å². The fourth-order valence-electron chi connectivity index (χ4n) is 3.63. The third-order valence-corrected chi connectivity index (χ3v) is 8.40. The molecule has 1 aliphatic heterocycles. The Hall–Kier alpha value is -2.53. The zero-order chi connectivity index (χ0) is 22.9. The van der Waals surface area contributed by atoms with Gasteiger partial charge in [-0.2, -0.15) is 4.31 Å². The highest BCUT2D eigenvalue weighted by atomic mass is 32.2.